The quantitative estimate of drug-likeness (QED) is 0.412. The fraction of sp³-hybridized carbons (Fsp3) is 1.00. The lowest BCUT2D eigenvalue weighted by molar-refractivity contribution is 0.423. The summed E-state index contributed by atoms with van der Waals surface area (Å²) in [6, 6.07) is 0. The van der Waals surface area contributed by atoms with Gasteiger partial charge in [0.25, 0.3) is 0 Å². The van der Waals surface area contributed by atoms with E-state index in [1.165, 1.54) is 0 Å². The van der Waals surface area contributed by atoms with E-state index in [4.69, 9.17) is 21.1 Å². The second-order valence-corrected chi connectivity index (χ2v) is 2.56. The molecule has 0 spiro atoms. The first-order chi connectivity index (χ1) is 4.33. The molecular formula is C6H11ClO2. The first kappa shape index (κ1) is 7.32. The van der Waals surface area contributed by atoms with Crippen LogP contribution in [-0.2, 0) is 9.47 Å². The summed E-state index contributed by atoms with van der Waals surface area (Å²) in [5.74, 6) is 0.667. The zero-order valence-corrected chi connectivity index (χ0v) is 6.23. The number of hydrogen-bond acceptors (Lipinski definition) is 2. The standard InChI is InChI=1S/C3H5ClO.C3H6O/c4-1-3-2-5-3;1-3-2-4-3/h3H,1-2H2;3H,2H2,1H3. The van der Waals surface area contributed by atoms with E-state index in [9.17, 15) is 0 Å². The summed E-state index contributed by atoms with van der Waals surface area (Å²) >= 11 is 5.27. The number of epoxide rings is 2. The number of alkyl halides is 1. The molecule has 0 bridgehead atoms. The third kappa shape index (κ3) is 4.70. The Labute approximate surface area is 60.1 Å². The van der Waals surface area contributed by atoms with Crippen molar-refractivity contribution in [1.29, 1.82) is 0 Å². The second kappa shape index (κ2) is 3.40. The SMILES string of the molecule is CC1CO1.ClCC1CO1. The van der Waals surface area contributed by atoms with Crippen LogP contribution in [0.4, 0.5) is 0 Å². The first-order valence-corrected chi connectivity index (χ1v) is 3.65. The molecule has 3 heteroatoms. The molecule has 0 aromatic rings. The van der Waals surface area contributed by atoms with E-state index in [1.54, 1.807) is 0 Å². The molecule has 0 radical (unpaired) electrons. The Morgan fingerprint density at radius 2 is 1.89 bits per heavy atom. The van der Waals surface area contributed by atoms with E-state index < -0.39 is 0 Å². The molecule has 2 heterocycles. The minimum Gasteiger partial charge on any atom is -0.373 e. The third-order valence-corrected chi connectivity index (χ3v) is 1.42. The van der Waals surface area contributed by atoms with Crippen LogP contribution in [0.3, 0.4) is 0 Å². The van der Waals surface area contributed by atoms with Gasteiger partial charge < -0.3 is 9.47 Å². The Morgan fingerprint density at radius 3 is 1.89 bits per heavy atom. The van der Waals surface area contributed by atoms with Gasteiger partial charge in [0, 0.05) is 0 Å². The summed E-state index contributed by atoms with van der Waals surface area (Å²) in [6.07, 6.45) is 0.983. The van der Waals surface area contributed by atoms with Crippen LogP contribution in [0.5, 0.6) is 0 Å². The zero-order chi connectivity index (χ0) is 6.69. The Balaban J connectivity index is 0.0000000922. The molecule has 0 aliphatic carbocycles. The van der Waals surface area contributed by atoms with Crippen molar-refractivity contribution in [2.75, 3.05) is 19.1 Å². The van der Waals surface area contributed by atoms with Gasteiger partial charge in [-0.2, -0.15) is 0 Å². The lowest BCUT2D eigenvalue weighted by Crippen LogP contribution is -1.80. The number of halogens is 1. The molecule has 54 valence electrons. The Kier molecular flexibility index (Phi) is 2.76. The van der Waals surface area contributed by atoms with Crippen LogP contribution in [-0.4, -0.2) is 31.3 Å². The Hall–Kier alpha value is 0.210. The molecule has 2 saturated heterocycles. The van der Waals surface area contributed by atoms with Crippen molar-refractivity contribution in [2.45, 2.75) is 19.1 Å². The molecule has 2 nitrogen and oxygen atoms in total. The average molecular weight is 151 g/mol. The molecule has 0 aromatic carbocycles. The summed E-state index contributed by atoms with van der Waals surface area (Å²) in [5, 5.41) is 0. The van der Waals surface area contributed by atoms with Gasteiger partial charge in [0.2, 0.25) is 0 Å². The Bertz CT molecular complexity index is 79.1. The van der Waals surface area contributed by atoms with Crippen LogP contribution in [0.15, 0.2) is 0 Å². The molecule has 2 fully saturated rings. The molecule has 2 rings (SSSR count). The number of ether oxygens (including phenoxy) is 2. The summed E-state index contributed by atoms with van der Waals surface area (Å²) in [4.78, 5) is 0. The average Bonchev–Trinajstić information content (AvgIpc) is 2.57. The second-order valence-electron chi connectivity index (χ2n) is 2.25. The maximum atomic E-state index is 5.27. The predicted molar refractivity (Wildman–Crippen MR) is 35.9 cm³/mol. The topological polar surface area (TPSA) is 25.1 Å². The lowest BCUT2D eigenvalue weighted by Gasteiger charge is -1.67. The Morgan fingerprint density at radius 1 is 1.44 bits per heavy atom. The molecule has 0 N–H and O–H groups in total. The molecule has 0 saturated carbocycles. The van der Waals surface area contributed by atoms with Crippen LogP contribution < -0.4 is 0 Å². The fourth-order valence-corrected chi connectivity index (χ4v) is 0.432. The normalized spacial score (nSPS) is 36.7. The minimum atomic E-state index is 0.400. The summed E-state index contributed by atoms with van der Waals surface area (Å²) in [6.45, 7) is 3.92. The first-order valence-electron chi connectivity index (χ1n) is 3.12. The molecule has 2 unspecified atom stereocenters. The van der Waals surface area contributed by atoms with Gasteiger partial charge in [-0.15, -0.1) is 11.6 Å². The highest BCUT2D eigenvalue weighted by atomic mass is 35.5. The fourth-order valence-electron chi connectivity index (χ4n) is 0.253. The van der Waals surface area contributed by atoms with E-state index in [0.717, 1.165) is 13.2 Å². The lowest BCUT2D eigenvalue weighted by atomic mass is 10.6. The van der Waals surface area contributed by atoms with Crippen LogP contribution in [0.2, 0.25) is 0 Å². The van der Waals surface area contributed by atoms with Gasteiger partial charge >= 0.3 is 0 Å². The van der Waals surface area contributed by atoms with Gasteiger partial charge in [-0.1, -0.05) is 0 Å². The third-order valence-electron chi connectivity index (χ3n) is 1.07. The maximum absolute atomic E-state index is 5.27. The molecule has 0 aromatic heterocycles. The van der Waals surface area contributed by atoms with Crippen LogP contribution >= 0.6 is 11.6 Å². The van der Waals surface area contributed by atoms with Gasteiger partial charge in [0.15, 0.2) is 0 Å². The number of hydrogen-bond donors (Lipinski definition) is 0. The maximum Gasteiger partial charge on any atom is 0.0944 e. The van der Waals surface area contributed by atoms with E-state index in [2.05, 4.69) is 6.92 Å². The van der Waals surface area contributed by atoms with Crippen molar-refractivity contribution in [3.63, 3.8) is 0 Å². The van der Waals surface area contributed by atoms with Gasteiger partial charge in [-0.3, -0.25) is 0 Å². The van der Waals surface area contributed by atoms with Crippen LogP contribution in [0, 0.1) is 0 Å². The van der Waals surface area contributed by atoms with E-state index in [1.807, 2.05) is 0 Å². The highest BCUT2D eigenvalue weighted by molar-refractivity contribution is 6.18. The van der Waals surface area contributed by atoms with Gasteiger partial charge in [-0.05, 0) is 6.92 Å². The van der Waals surface area contributed by atoms with Crippen molar-refractivity contribution in [1.82, 2.24) is 0 Å². The van der Waals surface area contributed by atoms with Crippen molar-refractivity contribution in [3.8, 4) is 0 Å². The van der Waals surface area contributed by atoms with Crippen molar-refractivity contribution in [3.05, 3.63) is 0 Å². The smallest absolute Gasteiger partial charge is 0.0944 e. The van der Waals surface area contributed by atoms with Crippen molar-refractivity contribution >= 4 is 11.6 Å². The molecule has 9 heavy (non-hydrogen) atoms. The largest absolute Gasteiger partial charge is 0.373 e. The molecule has 2 atom stereocenters. The summed E-state index contributed by atoms with van der Waals surface area (Å²) in [7, 11) is 0. The highest BCUT2D eigenvalue weighted by Gasteiger charge is 2.19. The monoisotopic (exact) mass is 150 g/mol. The minimum absolute atomic E-state index is 0.400. The van der Waals surface area contributed by atoms with Crippen LogP contribution in [0.25, 0.3) is 0 Å². The molecule has 0 amide bonds. The van der Waals surface area contributed by atoms with Gasteiger partial charge in [-0.25, -0.2) is 0 Å². The molecule has 2 aliphatic rings. The van der Waals surface area contributed by atoms with Crippen LogP contribution in [0.1, 0.15) is 6.92 Å². The zero-order valence-electron chi connectivity index (χ0n) is 5.47. The van der Waals surface area contributed by atoms with Gasteiger partial charge in [0.05, 0.1) is 31.3 Å². The summed E-state index contributed by atoms with van der Waals surface area (Å²) in [5.41, 5.74) is 0. The van der Waals surface area contributed by atoms with E-state index in [0.29, 0.717) is 18.1 Å². The van der Waals surface area contributed by atoms with E-state index >= 15 is 0 Å². The van der Waals surface area contributed by atoms with Gasteiger partial charge in [0.1, 0.15) is 0 Å². The molecule has 2 aliphatic heterocycles. The summed E-state index contributed by atoms with van der Waals surface area (Å²) < 4.78 is 9.43. The van der Waals surface area contributed by atoms with Crippen molar-refractivity contribution in [2.24, 2.45) is 0 Å². The predicted octanol–water partition coefficient (Wildman–Crippen LogP) is 1.03. The van der Waals surface area contributed by atoms with Crippen molar-refractivity contribution < 1.29 is 9.47 Å². The van der Waals surface area contributed by atoms with E-state index in [-0.39, 0.29) is 0 Å². The highest BCUT2D eigenvalue weighted by Crippen LogP contribution is 2.08. The number of rotatable bonds is 1. The molecular weight excluding hydrogens is 140 g/mol.